The smallest absolute Gasteiger partial charge is 0.0388 e. The molecule has 0 aliphatic rings. The zero-order valence-corrected chi connectivity index (χ0v) is 11.7. The minimum Gasteiger partial charge on any atom is -0.142 e. The number of thioether (sulfide) groups is 1. The van der Waals surface area contributed by atoms with Crippen LogP contribution in [0.25, 0.3) is 10.1 Å². The maximum atomic E-state index is 4.59. The van der Waals surface area contributed by atoms with Gasteiger partial charge in [-0.25, -0.2) is 0 Å². The summed E-state index contributed by atoms with van der Waals surface area (Å²) in [6, 6.07) is 6.42. The average molecular weight is 305 g/mol. The largest absolute Gasteiger partial charge is 0.142 e. The summed E-state index contributed by atoms with van der Waals surface area (Å²) < 4.78 is 1.33. The molecular formula is C10H9BrS3. The Morgan fingerprint density at radius 3 is 2.93 bits per heavy atom. The highest BCUT2D eigenvalue weighted by molar-refractivity contribution is 9.08. The predicted octanol–water partition coefficient (Wildman–Crippen LogP) is 4.81. The van der Waals surface area contributed by atoms with Gasteiger partial charge in [-0.15, -0.1) is 35.7 Å². The molecule has 4 heteroatoms. The van der Waals surface area contributed by atoms with Crippen molar-refractivity contribution in [2.24, 2.45) is 0 Å². The lowest BCUT2D eigenvalue weighted by Crippen LogP contribution is -1.73. The molecule has 1 aromatic heterocycles. The SMILES string of the molecule is CSc1cccc2sc(CBr)c(S)c12. The van der Waals surface area contributed by atoms with Crippen LogP contribution in [0.2, 0.25) is 0 Å². The molecule has 2 aromatic rings. The van der Waals surface area contributed by atoms with Crippen LogP contribution in [0.15, 0.2) is 28.0 Å². The monoisotopic (exact) mass is 304 g/mol. The molecule has 0 fully saturated rings. The van der Waals surface area contributed by atoms with Gasteiger partial charge < -0.3 is 0 Å². The van der Waals surface area contributed by atoms with Gasteiger partial charge in [0.2, 0.25) is 0 Å². The van der Waals surface area contributed by atoms with Crippen molar-refractivity contribution >= 4 is 61.7 Å². The van der Waals surface area contributed by atoms with Crippen molar-refractivity contribution < 1.29 is 0 Å². The van der Waals surface area contributed by atoms with Gasteiger partial charge >= 0.3 is 0 Å². The van der Waals surface area contributed by atoms with Crippen molar-refractivity contribution in [3.8, 4) is 0 Å². The van der Waals surface area contributed by atoms with E-state index in [0.717, 1.165) is 10.2 Å². The predicted molar refractivity (Wildman–Crippen MR) is 73.5 cm³/mol. The highest BCUT2D eigenvalue weighted by Gasteiger charge is 2.10. The van der Waals surface area contributed by atoms with Gasteiger partial charge in [0.15, 0.2) is 0 Å². The van der Waals surface area contributed by atoms with E-state index in [1.807, 2.05) is 11.3 Å². The van der Waals surface area contributed by atoms with Crippen LogP contribution < -0.4 is 0 Å². The maximum Gasteiger partial charge on any atom is 0.0388 e. The number of hydrogen-bond acceptors (Lipinski definition) is 3. The molecule has 2 rings (SSSR count). The van der Waals surface area contributed by atoms with Gasteiger partial charge in [0.05, 0.1) is 0 Å². The van der Waals surface area contributed by atoms with Crippen molar-refractivity contribution in [2.45, 2.75) is 15.1 Å². The summed E-state index contributed by atoms with van der Waals surface area (Å²) in [4.78, 5) is 3.76. The van der Waals surface area contributed by atoms with Crippen molar-refractivity contribution in [1.29, 1.82) is 0 Å². The maximum absolute atomic E-state index is 4.59. The second-order valence-corrected chi connectivity index (χ2v) is 5.83. The molecule has 0 bridgehead atoms. The number of rotatable bonds is 2. The third-order valence-corrected chi connectivity index (χ3v) is 5.58. The standard InChI is InChI=1S/C10H9BrS3/c1-13-6-3-2-4-7-9(6)10(12)8(5-11)14-7/h2-4,12H,5H2,1H3. The first kappa shape index (κ1) is 10.9. The van der Waals surface area contributed by atoms with E-state index in [4.69, 9.17) is 0 Å². The van der Waals surface area contributed by atoms with Gasteiger partial charge in [-0.1, -0.05) is 22.0 Å². The zero-order chi connectivity index (χ0) is 10.1. The summed E-state index contributed by atoms with van der Waals surface area (Å²) in [7, 11) is 0. The van der Waals surface area contributed by atoms with Crippen LogP contribution in [-0.4, -0.2) is 6.26 Å². The molecule has 14 heavy (non-hydrogen) atoms. The molecule has 0 amide bonds. The van der Waals surface area contributed by atoms with E-state index in [9.17, 15) is 0 Å². The summed E-state index contributed by atoms with van der Waals surface area (Å²) in [6.45, 7) is 0. The van der Waals surface area contributed by atoms with Crippen LogP contribution in [0.1, 0.15) is 4.88 Å². The molecule has 0 saturated heterocycles. The number of alkyl halides is 1. The number of thiol groups is 1. The second-order valence-electron chi connectivity index (χ2n) is 2.84. The van der Waals surface area contributed by atoms with E-state index >= 15 is 0 Å². The van der Waals surface area contributed by atoms with Crippen LogP contribution in [-0.2, 0) is 5.33 Å². The molecular weight excluding hydrogens is 296 g/mol. The van der Waals surface area contributed by atoms with Crippen LogP contribution in [0.3, 0.4) is 0 Å². The molecule has 0 unspecified atom stereocenters. The first-order valence-electron chi connectivity index (χ1n) is 4.11. The number of fused-ring (bicyclic) bond motifs is 1. The quantitative estimate of drug-likeness (QED) is 0.472. The van der Waals surface area contributed by atoms with Gasteiger partial charge in [-0.2, -0.15) is 0 Å². The first-order valence-corrected chi connectivity index (χ1v) is 7.72. The second kappa shape index (κ2) is 4.47. The van der Waals surface area contributed by atoms with Gasteiger partial charge in [0, 0.05) is 30.1 Å². The highest BCUT2D eigenvalue weighted by atomic mass is 79.9. The number of halogens is 1. The summed E-state index contributed by atoms with van der Waals surface area (Å²) in [5, 5.41) is 2.20. The minimum atomic E-state index is 0.888. The summed E-state index contributed by atoms with van der Waals surface area (Å²) in [5.74, 6) is 0. The first-order chi connectivity index (χ1) is 6.77. The fraction of sp³-hybridized carbons (Fsp3) is 0.200. The molecule has 0 N–H and O–H groups in total. The Morgan fingerprint density at radius 1 is 1.50 bits per heavy atom. The van der Waals surface area contributed by atoms with E-state index in [2.05, 4.69) is 53.0 Å². The van der Waals surface area contributed by atoms with E-state index in [-0.39, 0.29) is 0 Å². The Bertz CT molecular complexity index is 462. The lowest BCUT2D eigenvalue weighted by Gasteiger charge is -1.99. The third kappa shape index (κ3) is 1.73. The number of thiophene rings is 1. The molecule has 0 saturated carbocycles. The average Bonchev–Trinajstić information content (AvgIpc) is 2.55. The fourth-order valence-electron chi connectivity index (χ4n) is 1.41. The lowest BCUT2D eigenvalue weighted by molar-refractivity contribution is 1.40. The fourth-order valence-corrected chi connectivity index (χ4v) is 4.53. The summed E-state index contributed by atoms with van der Waals surface area (Å²) in [6.07, 6.45) is 2.10. The Balaban J connectivity index is 2.79. The molecule has 1 aromatic carbocycles. The van der Waals surface area contributed by atoms with Gasteiger partial charge in [0.1, 0.15) is 0 Å². The molecule has 74 valence electrons. The van der Waals surface area contributed by atoms with Crippen molar-refractivity contribution in [2.75, 3.05) is 6.26 Å². The molecule has 0 aliphatic carbocycles. The van der Waals surface area contributed by atoms with Crippen LogP contribution in [0.5, 0.6) is 0 Å². The van der Waals surface area contributed by atoms with Gasteiger partial charge in [-0.05, 0) is 18.4 Å². The molecule has 0 spiro atoms. The zero-order valence-electron chi connectivity index (χ0n) is 7.58. The van der Waals surface area contributed by atoms with Crippen molar-refractivity contribution in [3.63, 3.8) is 0 Å². The Labute approximate surface area is 106 Å². The number of benzene rings is 1. The van der Waals surface area contributed by atoms with Gasteiger partial charge in [0.25, 0.3) is 0 Å². The Morgan fingerprint density at radius 2 is 2.29 bits per heavy atom. The van der Waals surface area contributed by atoms with E-state index in [1.54, 1.807) is 11.8 Å². The van der Waals surface area contributed by atoms with E-state index in [0.29, 0.717) is 0 Å². The van der Waals surface area contributed by atoms with E-state index in [1.165, 1.54) is 19.9 Å². The van der Waals surface area contributed by atoms with Crippen LogP contribution in [0.4, 0.5) is 0 Å². The van der Waals surface area contributed by atoms with Crippen molar-refractivity contribution in [1.82, 2.24) is 0 Å². The normalized spacial score (nSPS) is 11.1. The topological polar surface area (TPSA) is 0 Å². The molecule has 0 atom stereocenters. The summed E-state index contributed by atoms with van der Waals surface area (Å²) in [5.41, 5.74) is 0. The lowest BCUT2D eigenvalue weighted by atomic mass is 10.2. The van der Waals surface area contributed by atoms with Crippen LogP contribution in [0, 0.1) is 0 Å². The molecule has 0 nitrogen and oxygen atoms in total. The molecule has 1 heterocycles. The molecule has 0 radical (unpaired) electrons. The Hall–Kier alpha value is 0.360. The summed E-state index contributed by atoms with van der Waals surface area (Å²) >= 11 is 11.7. The third-order valence-electron chi connectivity index (χ3n) is 2.06. The highest BCUT2D eigenvalue weighted by Crippen LogP contribution is 2.39. The van der Waals surface area contributed by atoms with Gasteiger partial charge in [-0.3, -0.25) is 0 Å². The van der Waals surface area contributed by atoms with E-state index < -0.39 is 0 Å². The Kier molecular flexibility index (Phi) is 3.47. The van der Waals surface area contributed by atoms with Crippen LogP contribution >= 0.6 is 51.7 Å². The number of hydrogen-bond donors (Lipinski definition) is 1. The molecule has 0 aliphatic heterocycles. The minimum absolute atomic E-state index is 0.888. The van der Waals surface area contributed by atoms with Crippen molar-refractivity contribution in [3.05, 3.63) is 23.1 Å².